The summed E-state index contributed by atoms with van der Waals surface area (Å²) in [6.45, 7) is 6.19. The second-order valence-corrected chi connectivity index (χ2v) is 15.7. The summed E-state index contributed by atoms with van der Waals surface area (Å²) in [5.74, 6) is -5.06. The zero-order valence-electron chi connectivity index (χ0n) is 34.9. The van der Waals surface area contributed by atoms with E-state index >= 15 is 0 Å². The zero-order valence-corrected chi connectivity index (χ0v) is 34.9. The van der Waals surface area contributed by atoms with Crippen molar-refractivity contribution in [2.45, 2.75) is 116 Å². The van der Waals surface area contributed by atoms with Crippen LogP contribution in [0.15, 0.2) is 60.0 Å². The Morgan fingerprint density at radius 2 is 0.900 bits per heavy atom. The predicted molar refractivity (Wildman–Crippen MR) is 221 cm³/mol. The van der Waals surface area contributed by atoms with Gasteiger partial charge >= 0.3 is 0 Å². The highest BCUT2D eigenvalue weighted by Gasteiger charge is 2.43. The van der Waals surface area contributed by atoms with Gasteiger partial charge in [0.25, 0.3) is 11.8 Å². The van der Waals surface area contributed by atoms with Crippen LogP contribution in [-0.2, 0) is 51.5 Å². The third-order valence-corrected chi connectivity index (χ3v) is 10.7. The summed E-state index contributed by atoms with van der Waals surface area (Å²) in [5, 5.41) is 54.4. The van der Waals surface area contributed by atoms with E-state index in [4.69, 9.17) is 9.47 Å². The van der Waals surface area contributed by atoms with Gasteiger partial charge < -0.3 is 51.2 Å². The maximum Gasteiger partial charge on any atom is 0.252 e. The molecule has 2 aliphatic carbocycles. The highest BCUT2D eigenvalue weighted by molar-refractivity contribution is 6.02. The molecule has 0 unspecified atom stereocenters. The lowest BCUT2D eigenvalue weighted by Gasteiger charge is -2.33. The van der Waals surface area contributed by atoms with Gasteiger partial charge in [-0.15, -0.1) is 0 Å². The molecule has 0 aromatic heterocycles. The van der Waals surface area contributed by atoms with Gasteiger partial charge in [0, 0.05) is 38.1 Å². The van der Waals surface area contributed by atoms with Crippen LogP contribution >= 0.6 is 0 Å². The lowest BCUT2D eigenvalue weighted by atomic mass is 9.91. The van der Waals surface area contributed by atoms with E-state index in [1.165, 1.54) is 14.1 Å². The molecular weight excluding hydrogens is 776 g/mol. The average molecular weight is 835 g/mol. The summed E-state index contributed by atoms with van der Waals surface area (Å²) >= 11 is 0. The number of aliphatic hydroxyl groups excluding tert-OH is 4. The van der Waals surface area contributed by atoms with E-state index in [0.29, 0.717) is 59.1 Å². The maximum atomic E-state index is 14.0. The molecule has 326 valence electrons. The Hall–Kier alpha value is -5.42. The number of Topliss-reactive ketones (excluding diaryl/α,β-unsaturated/α-hetero) is 2. The van der Waals surface area contributed by atoms with Crippen molar-refractivity contribution in [3.8, 4) is 0 Å². The maximum absolute atomic E-state index is 14.0. The van der Waals surface area contributed by atoms with Gasteiger partial charge in [-0.2, -0.15) is 0 Å². The van der Waals surface area contributed by atoms with Crippen molar-refractivity contribution < 1.29 is 58.7 Å². The lowest BCUT2D eigenvalue weighted by molar-refractivity contribution is -0.171. The number of ketones is 2. The molecule has 6 atom stereocenters. The van der Waals surface area contributed by atoms with Crippen LogP contribution in [0.5, 0.6) is 0 Å². The Morgan fingerprint density at radius 3 is 1.20 bits per heavy atom. The van der Waals surface area contributed by atoms with Gasteiger partial charge in [0.15, 0.2) is 35.3 Å². The Balaban J connectivity index is 1.64. The summed E-state index contributed by atoms with van der Waals surface area (Å²) in [4.78, 5) is 77.6. The molecule has 60 heavy (non-hydrogen) atoms. The van der Waals surface area contributed by atoms with E-state index in [0.717, 1.165) is 0 Å². The van der Waals surface area contributed by atoms with Crippen molar-refractivity contribution in [3.05, 3.63) is 82.3 Å². The van der Waals surface area contributed by atoms with Crippen molar-refractivity contribution in [1.29, 1.82) is 0 Å². The van der Waals surface area contributed by atoms with Gasteiger partial charge in [-0.25, -0.2) is 0 Å². The fourth-order valence-corrected chi connectivity index (χ4v) is 7.07. The Morgan fingerprint density at radius 1 is 0.567 bits per heavy atom. The van der Waals surface area contributed by atoms with Gasteiger partial charge in [0.1, 0.15) is 24.3 Å². The summed E-state index contributed by atoms with van der Waals surface area (Å²) in [5.41, 5.74) is 3.28. The largest absolute Gasteiger partial charge is 0.504 e. The van der Waals surface area contributed by atoms with Crippen LogP contribution in [0.4, 0.5) is 0 Å². The highest BCUT2D eigenvalue weighted by Crippen LogP contribution is 2.31. The predicted octanol–water partition coefficient (Wildman–Crippen LogP) is 2.70. The van der Waals surface area contributed by atoms with E-state index in [1.807, 2.05) is 0 Å². The first-order chi connectivity index (χ1) is 28.5. The minimum Gasteiger partial charge on any atom is -0.504 e. The van der Waals surface area contributed by atoms with Crippen LogP contribution in [0, 0.1) is 11.8 Å². The summed E-state index contributed by atoms with van der Waals surface area (Å²) < 4.78 is 12.0. The van der Waals surface area contributed by atoms with Gasteiger partial charge in [0.2, 0.25) is 11.8 Å². The van der Waals surface area contributed by atoms with E-state index in [9.17, 15) is 49.2 Å². The molecule has 4 amide bonds. The Bertz CT molecular complexity index is 1800. The normalized spacial score (nSPS) is 17.8. The second-order valence-electron chi connectivity index (χ2n) is 15.7. The monoisotopic (exact) mass is 834 g/mol. The number of amides is 4. The molecule has 4 rings (SSSR count). The van der Waals surface area contributed by atoms with Crippen molar-refractivity contribution in [2.24, 2.45) is 11.8 Å². The number of carbonyl (C=O) groups is 6. The van der Waals surface area contributed by atoms with E-state index < -0.39 is 72.0 Å². The minimum absolute atomic E-state index is 0.262. The minimum atomic E-state index is -2.15. The molecule has 0 radical (unpaired) electrons. The molecule has 2 aliphatic rings. The fourth-order valence-electron chi connectivity index (χ4n) is 7.07. The highest BCUT2D eigenvalue weighted by atomic mass is 16.5. The van der Waals surface area contributed by atoms with Crippen LogP contribution in [-0.4, -0.2) is 106 Å². The van der Waals surface area contributed by atoms with Gasteiger partial charge in [-0.3, -0.25) is 28.8 Å². The lowest BCUT2D eigenvalue weighted by Crippen LogP contribution is -2.60. The standard InChI is InChI=1S/C44H58N4O12/c1-23(2)33(41(55)45-5)47-43(57)39(59-21-25-13-17-27(18-14-25)29-9-7-11-31(49)35(29)51)37(53)38(54)40(44(58)48-34(24(3)4)42(56)46-6)60-22-26-15-19-28(20-16-26)30-10-8-12-32(50)36(30)52/h13-20,23-24,33-34,37-40,51-54H,7-12,21-22H2,1-6H3,(H,45,55)(H,46,56)(H,47,57)(H,48,58)/t33-,34-,37+,38+,39+,40+/m0/s1. The van der Waals surface area contributed by atoms with Gasteiger partial charge in [-0.05, 0) is 59.8 Å². The number of hydrogen-bond donors (Lipinski definition) is 8. The molecule has 0 spiro atoms. The van der Waals surface area contributed by atoms with Crippen LogP contribution in [0.1, 0.15) is 88.5 Å². The molecule has 0 bridgehead atoms. The van der Waals surface area contributed by atoms with Crippen LogP contribution in [0.2, 0.25) is 0 Å². The quantitative estimate of drug-likeness (QED) is 0.102. The first-order valence-corrected chi connectivity index (χ1v) is 20.2. The van der Waals surface area contributed by atoms with Gasteiger partial charge in [0.05, 0.1) is 13.2 Å². The summed E-state index contributed by atoms with van der Waals surface area (Å²) in [6.07, 6.45) is -5.32. The van der Waals surface area contributed by atoms with E-state index in [-0.39, 0.29) is 49.1 Å². The molecule has 0 aliphatic heterocycles. The first-order valence-electron chi connectivity index (χ1n) is 20.2. The van der Waals surface area contributed by atoms with E-state index in [1.54, 1.807) is 76.2 Å². The number of nitrogens with one attached hydrogen (secondary N) is 4. The third kappa shape index (κ3) is 11.9. The smallest absolute Gasteiger partial charge is 0.252 e. The topological polar surface area (TPSA) is 250 Å². The molecule has 8 N–H and O–H groups in total. The number of rotatable bonds is 19. The van der Waals surface area contributed by atoms with Crippen LogP contribution in [0.25, 0.3) is 11.1 Å². The Labute approximate surface area is 349 Å². The molecule has 2 aromatic rings. The van der Waals surface area contributed by atoms with Crippen LogP contribution in [0.3, 0.4) is 0 Å². The molecule has 16 nitrogen and oxygen atoms in total. The molecule has 0 fully saturated rings. The summed E-state index contributed by atoms with van der Waals surface area (Å²) in [7, 11) is 2.79. The molecule has 0 heterocycles. The van der Waals surface area contributed by atoms with Crippen LogP contribution < -0.4 is 21.3 Å². The number of allylic oxidation sites excluding steroid dienone is 4. The molecule has 2 aromatic carbocycles. The second kappa shape index (κ2) is 21.7. The molecule has 0 saturated heterocycles. The number of hydrogen-bond acceptors (Lipinski definition) is 12. The van der Waals surface area contributed by atoms with Gasteiger partial charge in [-0.1, -0.05) is 76.2 Å². The number of benzene rings is 2. The third-order valence-electron chi connectivity index (χ3n) is 10.7. The van der Waals surface area contributed by atoms with Crippen molar-refractivity contribution in [2.75, 3.05) is 14.1 Å². The first kappa shape index (κ1) is 47.3. The van der Waals surface area contributed by atoms with Crippen molar-refractivity contribution in [3.63, 3.8) is 0 Å². The molecular formula is C44H58N4O12. The zero-order chi connectivity index (χ0) is 44.3. The molecule has 0 saturated carbocycles. The average Bonchev–Trinajstić information content (AvgIpc) is 3.23. The number of carbonyl (C=O) groups excluding carboxylic acids is 6. The number of ether oxygens (including phenoxy) is 2. The number of likely N-dealkylation sites (N-methyl/N-ethyl adjacent to an activating group) is 2. The van der Waals surface area contributed by atoms with E-state index in [2.05, 4.69) is 21.3 Å². The van der Waals surface area contributed by atoms with Crippen molar-refractivity contribution >= 4 is 46.3 Å². The fraction of sp³-hybridized carbons (Fsp3) is 0.500. The van der Waals surface area contributed by atoms with Crippen molar-refractivity contribution in [1.82, 2.24) is 21.3 Å². The molecule has 16 heteroatoms. The number of aliphatic hydroxyl groups is 4. The SMILES string of the molecule is CNC(=O)[C@@H](NC(=O)[C@H](OCc1ccc(C2=C(O)C(=O)CCC2)cc1)[C@H](O)[C@@H](O)[C@@H](OCc1ccc(C2=C(O)C(=O)CCC2)cc1)C(=O)N[C@H](C(=O)NC)C(C)C)C(C)C. The summed E-state index contributed by atoms with van der Waals surface area (Å²) in [6, 6.07) is 11.2. The Kier molecular flexibility index (Phi) is 17.1.